The molecule has 35 heavy (non-hydrogen) atoms. The van der Waals surface area contributed by atoms with Crippen LogP contribution in [0.15, 0.2) is 12.3 Å². The Morgan fingerprint density at radius 1 is 0.971 bits per heavy atom. The number of ether oxygens (including phenoxy) is 4. The van der Waals surface area contributed by atoms with Crippen LogP contribution >= 0.6 is 0 Å². The van der Waals surface area contributed by atoms with Gasteiger partial charge in [0.25, 0.3) is 0 Å². The molecule has 0 N–H and O–H groups in total. The number of hydrogen-bond donors (Lipinski definition) is 0. The molecule has 0 aromatic rings. The van der Waals surface area contributed by atoms with Crippen molar-refractivity contribution in [2.75, 3.05) is 27.9 Å². The molecule has 0 radical (unpaired) electrons. The molecule has 7 unspecified atom stereocenters. The molecular weight excluding hydrogens is 446 g/mol. The van der Waals surface area contributed by atoms with Crippen molar-refractivity contribution >= 4 is 12.4 Å². The Balaban J connectivity index is 5.45. The highest BCUT2D eigenvalue weighted by Crippen LogP contribution is 2.29. The maximum Gasteiger partial charge on any atom is 0.308 e. The van der Waals surface area contributed by atoms with Gasteiger partial charge in [-0.2, -0.15) is 0 Å². The van der Waals surface area contributed by atoms with Crippen molar-refractivity contribution in [1.82, 2.24) is 4.90 Å². The molecule has 0 aliphatic heterocycles. The van der Waals surface area contributed by atoms with Crippen LogP contribution in [0.4, 0.5) is 0 Å². The summed E-state index contributed by atoms with van der Waals surface area (Å²) in [4.78, 5) is 24.9. The number of methoxy groups -OCH3 is 2. The average molecular weight is 500 g/mol. The first kappa shape index (κ1) is 33.6. The number of hydrogen-bond acceptors (Lipinski definition) is 6. The Morgan fingerprint density at radius 2 is 1.63 bits per heavy atom. The Hall–Kier alpha value is -1.44. The smallest absolute Gasteiger partial charge is 0.308 e. The largest absolute Gasteiger partial charge is 0.462 e. The van der Waals surface area contributed by atoms with Crippen LogP contribution in [0.3, 0.4) is 0 Å². The molecule has 206 valence electrons. The maximum absolute atomic E-state index is 12.5. The zero-order valence-corrected chi connectivity index (χ0v) is 24.0. The summed E-state index contributed by atoms with van der Waals surface area (Å²) in [6, 6.07) is 0. The van der Waals surface area contributed by atoms with Crippen molar-refractivity contribution < 1.29 is 28.5 Å². The fraction of sp³-hybridized carbons (Fsp3) is 0.857. The molecule has 1 amide bonds. The molecule has 0 aromatic heterocycles. The molecule has 0 aliphatic carbocycles. The van der Waals surface area contributed by atoms with Gasteiger partial charge in [-0.3, -0.25) is 9.59 Å². The van der Waals surface area contributed by atoms with Crippen molar-refractivity contribution in [2.45, 2.75) is 105 Å². The zero-order chi connectivity index (χ0) is 27.0. The molecule has 0 aromatic carbocycles. The van der Waals surface area contributed by atoms with E-state index >= 15 is 0 Å². The van der Waals surface area contributed by atoms with E-state index in [2.05, 4.69) is 27.7 Å². The lowest BCUT2D eigenvalue weighted by Gasteiger charge is -2.34. The highest BCUT2D eigenvalue weighted by molar-refractivity contribution is 5.71. The third-order valence-electron chi connectivity index (χ3n) is 6.78. The van der Waals surface area contributed by atoms with E-state index in [0.717, 1.165) is 45.1 Å². The second-order valence-electron chi connectivity index (χ2n) is 10.1. The molecule has 7 atom stereocenters. The molecular formula is C28H53NO6. The lowest BCUT2D eigenvalue weighted by Crippen LogP contribution is -2.39. The van der Waals surface area contributed by atoms with E-state index in [9.17, 15) is 9.59 Å². The van der Waals surface area contributed by atoms with E-state index < -0.39 is 0 Å². The standard InChI is InChI=1S/C28H53NO6/c1-11-17-34-24(12-2)18-26(32-9)21(5)13-14-25(35-28(31)20(3)4)23(7)27(33-10)22(6)15-16-29(8)19-30/h15-16,19-27H,11-14,17-18H2,1-10H3/b16-15+. The van der Waals surface area contributed by atoms with E-state index in [-0.39, 0.29) is 54.1 Å². The van der Waals surface area contributed by atoms with E-state index in [1.54, 1.807) is 27.5 Å². The minimum absolute atomic E-state index is 0.0304. The molecule has 0 rings (SSSR count). The van der Waals surface area contributed by atoms with Gasteiger partial charge in [-0.1, -0.05) is 54.5 Å². The molecule has 0 fully saturated rings. The summed E-state index contributed by atoms with van der Waals surface area (Å²) in [5.74, 6) is -0.118. The van der Waals surface area contributed by atoms with E-state index in [1.807, 2.05) is 26.8 Å². The van der Waals surface area contributed by atoms with Gasteiger partial charge in [0.15, 0.2) is 0 Å². The third-order valence-corrected chi connectivity index (χ3v) is 6.78. The van der Waals surface area contributed by atoms with Gasteiger partial charge in [0, 0.05) is 45.9 Å². The highest BCUT2D eigenvalue weighted by atomic mass is 16.5. The van der Waals surface area contributed by atoms with Crippen LogP contribution in [0.1, 0.15) is 80.6 Å². The van der Waals surface area contributed by atoms with Crippen LogP contribution in [0.2, 0.25) is 0 Å². The van der Waals surface area contributed by atoms with Crippen LogP contribution < -0.4 is 0 Å². The number of nitrogens with zero attached hydrogens (tertiary/aromatic N) is 1. The van der Waals surface area contributed by atoms with Crippen LogP contribution in [0.5, 0.6) is 0 Å². The van der Waals surface area contributed by atoms with Gasteiger partial charge >= 0.3 is 5.97 Å². The lowest BCUT2D eigenvalue weighted by molar-refractivity contribution is -0.159. The van der Waals surface area contributed by atoms with Crippen molar-refractivity contribution in [3.8, 4) is 0 Å². The lowest BCUT2D eigenvalue weighted by atomic mass is 9.84. The van der Waals surface area contributed by atoms with E-state index in [4.69, 9.17) is 18.9 Å². The zero-order valence-electron chi connectivity index (χ0n) is 24.0. The average Bonchev–Trinajstić information content (AvgIpc) is 2.84. The topological polar surface area (TPSA) is 74.3 Å². The second kappa shape index (κ2) is 18.8. The van der Waals surface area contributed by atoms with Crippen molar-refractivity contribution in [2.24, 2.45) is 23.7 Å². The Labute approximate surface area is 214 Å². The molecule has 0 aliphatic rings. The Bertz CT molecular complexity index is 596. The number of amides is 1. The first-order valence-electron chi connectivity index (χ1n) is 13.3. The number of carbonyl (C=O) groups is 2. The number of carbonyl (C=O) groups excluding carboxylic acids is 2. The quantitative estimate of drug-likeness (QED) is 0.163. The molecule has 0 saturated carbocycles. The van der Waals surface area contributed by atoms with Crippen LogP contribution in [0, 0.1) is 23.7 Å². The summed E-state index contributed by atoms with van der Waals surface area (Å²) in [5.41, 5.74) is 0. The van der Waals surface area contributed by atoms with Crippen LogP contribution in [-0.4, -0.2) is 69.6 Å². The highest BCUT2D eigenvalue weighted by Gasteiger charge is 2.33. The van der Waals surface area contributed by atoms with Gasteiger partial charge < -0.3 is 23.8 Å². The van der Waals surface area contributed by atoms with Gasteiger partial charge in [0.2, 0.25) is 6.41 Å². The van der Waals surface area contributed by atoms with E-state index in [1.165, 1.54) is 4.90 Å². The van der Waals surface area contributed by atoms with Gasteiger partial charge in [-0.25, -0.2) is 0 Å². The Kier molecular flexibility index (Phi) is 18.0. The van der Waals surface area contributed by atoms with Gasteiger partial charge in [-0.15, -0.1) is 0 Å². The third kappa shape index (κ3) is 12.9. The van der Waals surface area contributed by atoms with Crippen LogP contribution in [0.25, 0.3) is 0 Å². The molecule has 0 bridgehead atoms. The first-order chi connectivity index (χ1) is 16.6. The van der Waals surface area contributed by atoms with Gasteiger partial charge in [-0.05, 0) is 38.0 Å². The maximum atomic E-state index is 12.5. The summed E-state index contributed by atoms with van der Waals surface area (Å²) in [6.07, 6.45) is 8.64. The van der Waals surface area contributed by atoms with Crippen LogP contribution in [-0.2, 0) is 28.5 Å². The van der Waals surface area contributed by atoms with Crippen molar-refractivity contribution in [1.29, 1.82) is 0 Å². The monoisotopic (exact) mass is 499 g/mol. The SMILES string of the molecule is CCCOC(CC)CC(OC)C(C)CCC(OC(=O)C(C)C)C(C)C(OC)C(C)/C=C/N(C)C=O. The van der Waals surface area contributed by atoms with Crippen molar-refractivity contribution in [3.05, 3.63) is 12.3 Å². The fourth-order valence-electron chi connectivity index (χ4n) is 4.32. The van der Waals surface area contributed by atoms with Crippen molar-refractivity contribution in [3.63, 3.8) is 0 Å². The molecule has 7 heteroatoms. The Morgan fingerprint density at radius 3 is 2.11 bits per heavy atom. The predicted octanol–water partition coefficient (Wildman–Crippen LogP) is 5.47. The van der Waals surface area contributed by atoms with Gasteiger partial charge in [0.05, 0.1) is 24.2 Å². The minimum atomic E-state index is -0.284. The summed E-state index contributed by atoms with van der Waals surface area (Å²) in [5, 5.41) is 0. The number of rotatable bonds is 20. The molecule has 7 nitrogen and oxygen atoms in total. The molecule has 0 heterocycles. The van der Waals surface area contributed by atoms with E-state index in [0.29, 0.717) is 0 Å². The first-order valence-corrected chi connectivity index (χ1v) is 13.3. The predicted molar refractivity (Wildman–Crippen MR) is 141 cm³/mol. The molecule has 0 saturated heterocycles. The fourth-order valence-corrected chi connectivity index (χ4v) is 4.32. The summed E-state index contributed by atoms with van der Waals surface area (Å²) in [6.45, 7) is 15.0. The second-order valence-corrected chi connectivity index (χ2v) is 10.1. The number of esters is 1. The molecule has 0 spiro atoms. The normalized spacial score (nSPS) is 18.0. The summed E-state index contributed by atoms with van der Waals surface area (Å²) in [7, 11) is 5.14. The summed E-state index contributed by atoms with van der Waals surface area (Å²) >= 11 is 0. The summed E-state index contributed by atoms with van der Waals surface area (Å²) < 4.78 is 23.7. The van der Waals surface area contributed by atoms with Gasteiger partial charge in [0.1, 0.15) is 6.10 Å². The minimum Gasteiger partial charge on any atom is -0.462 e.